The second-order valence-corrected chi connectivity index (χ2v) is 25.8. The van der Waals surface area contributed by atoms with E-state index in [1.54, 1.807) is 6.08 Å². The van der Waals surface area contributed by atoms with E-state index >= 15 is 0 Å². The number of allylic oxidation sites excluding steroid dienone is 4. The van der Waals surface area contributed by atoms with Crippen LogP contribution in [0.4, 0.5) is 0 Å². The third-order valence-corrected chi connectivity index (χ3v) is 16.9. The zero-order chi connectivity index (χ0) is 109. The molecule has 0 unspecified atom stereocenters. The van der Waals surface area contributed by atoms with Crippen LogP contribution in [-0.2, 0) is 16.2 Å². The van der Waals surface area contributed by atoms with E-state index in [9.17, 15) is 0 Å². The van der Waals surface area contributed by atoms with Gasteiger partial charge in [-0.25, -0.2) is 0 Å². The lowest BCUT2D eigenvalue weighted by molar-refractivity contribution is 0.660. The molecular weight excluding hydrogens is 1660 g/mol. The van der Waals surface area contributed by atoms with E-state index in [0.29, 0.717) is 0 Å². The van der Waals surface area contributed by atoms with Crippen LogP contribution >= 0.6 is 0 Å². The van der Waals surface area contributed by atoms with Crippen molar-refractivity contribution >= 4 is 0 Å². The summed E-state index contributed by atoms with van der Waals surface area (Å²) in [6, 6.07) is 145. The minimum absolute atomic E-state index is 0.160. The molecule has 0 saturated heterocycles. The van der Waals surface area contributed by atoms with Gasteiger partial charge in [-0.2, -0.15) is 0 Å². The molecule has 0 spiro atoms. The smallest absolute Gasteiger partial charge is 0.0158 e. The van der Waals surface area contributed by atoms with Crippen molar-refractivity contribution in [2.24, 2.45) is 0 Å². The van der Waals surface area contributed by atoms with Crippen molar-refractivity contribution < 1.29 is 0 Å². The van der Waals surface area contributed by atoms with Crippen LogP contribution in [0.15, 0.2) is 462 Å². The van der Waals surface area contributed by atoms with Gasteiger partial charge >= 0.3 is 0 Å². The van der Waals surface area contributed by atoms with E-state index in [-0.39, 0.29) is 16.2 Å². The topological polar surface area (TPSA) is 0 Å². The summed E-state index contributed by atoms with van der Waals surface area (Å²) < 4.78 is 0. The molecule has 0 heteroatoms. The van der Waals surface area contributed by atoms with Crippen LogP contribution in [0, 0.1) is 13.8 Å². The van der Waals surface area contributed by atoms with Crippen LogP contribution in [-0.4, -0.2) is 0 Å². The van der Waals surface area contributed by atoms with Crippen molar-refractivity contribution in [3.8, 4) is 33.4 Å². The Labute approximate surface area is 861 Å². The largest absolute Gasteiger partial charge is 0.0991 e. The molecule has 0 aliphatic heterocycles. The van der Waals surface area contributed by atoms with E-state index in [2.05, 4.69) is 238 Å². The Morgan fingerprint density at radius 1 is 0.167 bits per heavy atom. The van der Waals surface area contributed by atoms with Gasteiger partial charge in [0.2, 0.25) is 0 Å². The monoisotopic (exact) mass is 1870 g/mol. The van der Waals surface area contributed by atoms with Crippen molar-refractivity contribution in [2.75, 3.05) is 0 Å². The molecule has 14 aromatic carbocycles. The van der Waals surface area contributed by atoms with Crippen LogP contribution in [0.5, 0.6) is 0 Å². The van der Waals surface area contributed by atoms with Gasteiger partial charge in [0.05, 0.1) is 0 Å². The fourth-order valence-electron chi connectivity index (χ4n) is 11.6. The van der Waals surface area contributed by atoms with Gasteiger partial charge < -0.3 is 0 Å². The SMILES string of the molecule is C=C/C=C\C(=C)C.CC.CC.CC.CC.CC.CC.CC.CC.CC.CC.CC.CC.CC.CC.CC.CC.CC.CC.CC1(C)c2ccccc2-c2ccccc21.CC1(C)c2ccccc2-c2ccccc21.CC1(C)c2ccccc2-c2ccccc21.Cc1ccccc1.Cc1ccccc1.c1ccccc1.c1ccccc1.c1ccccc1.c1ccccc1.c1ccccc1.c1ccccc1. The summed E-state index contributed by atoms with van der Waals surface area (Å²) >= 11 is 0. The maximum Gasteiger partial charge on any atom is 0.0158 e. The zero-order valence-corrected chi connectivity index (χ0v) is 97.6. The van der Waals surface area contributed by atoms with Crippen molar-refractivity contribution in [1.29, 1.82) is 0 Å². The van der Waals surface area contributed by atoms with Gasteiger partial charge in [-0.1, -0.05) is 764 Å². The first-order valence-corrected chi connectivity index (χ1v) is 53.3. The summed E-state index contributed by atoms with van der Waals surface area (Å²) in [7, 11) is 0. The first-order chi connectivity index (χ1) is 67.7. The van der Waals surface area contributed by atoms with Crippen molar-refractivity contribution in [3.05, 3.63) is 506 Å². The third-order valence-electron chi connectivity index (χ3n) is 16.9. The Morgan fingerprint density at radius 3 is 0.341 bits per heavy atom. The van der Waals surface area contributed by atoms with Crippen molar-refractivity contribution in [1.82, 2.24) is 0 Å². The molecular formula is C138H212. The lowest BCUT2D eigenvalue weighted by Crippen LogP contribution is -2.14. The Morgan fingerprint density at radius 2 is 0.261 bits per heavy atom. The number of aryl methyl sites for hydroxylation is 2. The van der Waals surface area contributed by atoms with Crippen molar-refractivity contribution in [3.63, 3.8) is 0 Å². The Hall–Kier alpha value is -11.7. The lowest BCUT2D eigenvalue weighted by atomic mass is 9.82. The van der Waals surface area contributed by atoms with Gasteiger partial charge in [0.1, 0.15) is 0 Å². The standard InChI is InChI=1S/3C15H14.2C7H8.C7H10.6C6H6.18C2H6/c3*1-15(2)13-9-5-3-7-11(13)12-8-4-6-10-14(12)15;2*1-7-5-3-2-4-6-7;1-4-5-6-7(2)3;6*1-2-4-6-5-3-1;18*1-2/h3*3-10H,1-2H3;2*2-6H,1H3;4-6H,1-2H2,3H3;6*1-6H;18*1-2H3/b;;;;;6-5-;;;;;;;;;;;;;;;;;;;;;;;;. The highest BCUT2D eigenvalue weighted by Gasteiger charge is 2.36. The van der Waals surface area contributed by atoms with Gasteiger partial charge in [0.25, 0.3) is 0 Å². The van der Waals surface area contributed by atoms with Gasteiger partial charge in [-0.3, -0.25) is 0 Å². The summed E-state index contributed by atoms with van der Waals surface area (Å²) in [4.78, 5) is 0. The minimum Gasteiger partial charge on any atom is -0.0991 e. The summed E-state index contributed by atoms with van der Waals surface area (Å²) in [6.45, 7) is 99.1. The summed E-state index contributed by atoms with van der Waals surface area (Å²) in [5.41, 5.74) is 21.3. The Bertz CT molecular complexity index is 3680. The first kappa shape index (κ1) is 154. The van der Waals surface area contributed by atoms with Gasteiger partial charge in [0, 0.05) is 16.2 Å². The molecule has 0 nitrogen and oxygen atoms in total. The molecule has 0 N–H and O–H groups in total. The molecule has 138 heavy (non-hydrogen) atoms. The van der Waals surface area contributed by atoms with E-state index in [4.69, 9.17) is 0 Å². The fourth-order valence-corrected chi connectivity index (χ4v) is 11.6. The molecule has 0 bridgehead atoms. The van der Waals surface area contributed by atoms with E-state index < -0.39 is 0 Å². The fraction of sp³-hybridized carbons (Fsp3) is 0.348. The highest BCUT2D eigenvalue weighted by Crippen LogP contribution is 2.50. The molecule has 0 radical (unpaired) electrons. The summed E-state index contributed by atoms with van der Waals surface area (Å²) in [5, 5.41) is 0. The summed E-state index contributed by atoms with van der Waals surface area (Å²) in [5.74, 6) is 0. The van der Waals surface area contributed by atoms with Gasteiger partial charge in [0.15, 0.2) is 0 Å². The average molecular weight is 1870 g/mol. The van der Waals surface area contributed by atoms with Crippen LogP contribution < -0.4 is 0 Å². The van der Waals surface area contributed by atoms with E-state index in [1.165, 1.54) is 77.9 Å². The molecule has 764 valence electrons. The maximum atomic E-state index is 3.66. The van der Waals surface area contributed by atoms with Crippen LogP contribution in [0.25, 0.3) is 33.4 Å². The second kappa shape index (κ2) is 125. The highest BCUT2D eigenvalue weighted by molar-refractivity contribution is 5.82. The van der Waals surface area contributed by atoms with E-state index in [1.807, 2.05) is 523 Å². The van der Waals surface area contributed by atoms with E-state index in [0.717, 1.165) is 5.57 Å². The molecule has 0 heterocycles. The Kier molecular flexibility index (Phi) is 140. The molecule has 0 aromatic heterocycles. The first-order valence-electron chi connectivity index (χ1n) is 53.3. The zero-order valence-electron chi connectivity index (χ0n) is 97.6. The lowest BCUT2D eigenvalue weighted by Gasteiger charge is -2.20. The number of hydrogen-bond donors (Lipinski definition) is 0. The predicted molar refractivity (Wildman–Crippen MR) is 651 cm³/mol. The predicted octanol–water partition coefficient (Wildman–Crippen LogP) is 46.9. The molecule has 3 aliphatic rings. The summed E-state index contributed by atoms with van der Waals surface area (Å²) in [6.07, 6.45) is 5.50. The maximum absolute atomic E-state index is 3.66. The molecule has 0 fully saturated rings. The van der Waals surface area contributed by atoms with Crippen molar-refractivity contribution in [2.45, 2.75) is 328 Å². The number of rotatable bonds is 2. The molecule has 0 saturated carbocycles. The number of hydrogen-bond acceptors (Lipinski definition) is 0. The van der Waals surface area contributed by atoms with Crippen LogP contribution in [0.1, 0.15) is 342 Å². The van der Waals surface area contributed by atoms with Gasteiger partial charge in [-0.05, 0) is 87.5 Å². The Balaban J connectivity index is -0.000000110. The quantitative estimate of drug-likeness (QED) is 0.151. The molecule has 0 atom stereocenters. The molecule has 14 aromatic rings. The molecule has 0 amide bonds. The van der Waals surface area contributed by atoms with Crippen LogP contribution in [0.3, 0.4) is 0 Å². The number of benzene rings is 14. The second-order valence-electron chi connectivity index (χ2n) is 25.8. The third kappa shape index (κ3) is 75.4. The molecule has 17 rings (SSSR count). The molecule has 3 aliphatic carbocycles. The normalized spacial score (nSPS) is 9.40. The number of fused-ring (bicyclic) bond motifs is 9. The van der Waals surface area contributed by atoms with Gasteiger partial charge in [-0.15, -0.1) is 0 Å². The minimum atomic E-state index is 0.160. The van der Waals surface area contributed by atoms with Crippen LogP contribution in [0.2, 0.25) is 0 Å². The highest BCUT2D eigenvalue weighted by atomic mass is 14.4. The average Bonchev–Trinajstić information content (AvgIpc) is 1.61.